The molecule has 0 bridgehead atoms. The largest absolute Gasteiger partial charge is 0.506 e. The van der Waals surface area contributed by atoms with Crippen molar-refractivity contribution in [2.24, 2.45) is 0 Å². The van der Waals surface area contributed by atoms with Crippen molar-refractivity contribution in [3.8, 4) is 5.75 Å². The third kappa shape index (κ3) is 4.10. The average molecular weight is 318 g/mol. The number of anilines is 1. The molecule has 0 atom stereocenters. The van der Waals surface area contributed by atoms with Gasteiger partial charge in [-0.15, -0.1) is 0 Å². The summed E-state index contributed by atoms with van der Waals surface area (Å²) in [6.07, 6.45) is 2.82. The number of phenols is 1. The third-order valence-corrected chi connectivity index (χ3v) is 3.01. The molecule has 0 aliphatic rings. The minimum absolute atomic E-state index is 0.0284. The van der Waals surface area contributed by atoms with Gasteiger partial charge in [0.2, 0.25) is 5.91 Å². The van der Waals surface area contributed by atoms with Crippen molar-refractivity contribution in [3.63, 3.8) is 0 Å². The fraction of sp³-hybridized carbons (Fsp3) is 0. The van der Waals surface area contributed by atoms with Gasteiger partial charge in [0.05, 0.1) is 11.3 Å². The SMILES string of the molecule is O=C(/C=C/c1cccc(Cl)c1)Nc1cc(C(=O)O)ccc1O. The van der Waals surface area contributed by atoms with Crippen molar-refractivity contribution < 1.29 is 19.8 Å². The number of halogens is 1. The number of benzene rings is 2. The van der Waals surface area contributed by atoms with Crippen LogP contribution in [0.2, 0.25) is 5.02 Å². The van der Waals surface area contributed by atoms with E-state index in [4.69, 9.17) is 16.7 Å². The number of hydrogen-bond acceptors (Lipinski definition) is 3. The van der Waals surface area contributed by atoms with Crippen molar-refractivity contribution in [1.29, 1.82) is 0 Å². The predicted molar refractivity (Wildman–Crippen MR) is 84.2 cm³/mol. The average Bonchev–Trinajstić information content (AvgIpc) is 2.47. The summed E-state index contributed by atoms with van der Waals surface area (Å²) in [5, 5.41) is 21.5. The molecular weight excluding hydrogens is 306 g/mol. The first-order valence-electron chi connectivity index (χ1n) is 6.26. The van der Waals surface area contributed by atoms with Crippen LogP contribution in [0.3, 0.4) is 0 Å². The Labute approximate surface area is 131 Å². The van der Waals surface area contributed by atoms with Gasteiger partial charge in [-0.2, -0.15) is 0 Å². The van der Waals surface area contributed by atoms with Crippen LogP contribution in [0.1, 0.15) is 15.9 Å². The molecule has 0 radical (unpaired) electrons. The van der Waals surface area contributed by atoms with Crippen LogP contribution < -0.4 is 5.32 Å². The summed E-state index contributed by atoms with van der Waals surface area (Å²) >= 11 is 5.83. The van der Waals surface area contributed by atoms with Gasteiger partial charge in [0, 0.05) is 11.1 Å². The maximum absolute atomic E-state index is 11.8. The Kier molecular flexibility index (Phi) is 4.80. The molecule has 2 rings (SSSR count). The summed E-state index contributed by atoms with van der Waals surface area (Å²) in [4.78, 5) is 22.7. The lowest BCUT2D eigenvalue weighted by molar-refractivity contribution is -0.111. The van der Waals surface area contributed by atoms with Crippen LogP contribution in [-0.4, -0.2) is 22.1 Å². The topological polar surface area (TPSA) is 86.6 Å². The lowest BCUT2D eigenvalue weighted by atomic mass is 10.2. The molecule has 2 aromatic rings. The second kappa shape index (κ2) is 6.78. The molecule has 3 N–H and O–H groups in total. The van der Waals surface area contributed by atoms with E-state index in [1.165, 1.54) is 24.3 Å². The van der Waals surface area contributed by atoms with Crippen molar-refractivity contribution in [2.75, 3.05) is 5.32 Å². The maximum Gasteiger partial charge on any atom is 0.335 e. The highest BCUT2D eigenvalue weighted by atomic mass is 35.5. The van der Waals surface area contributed by atoms with Crippen LogP contribution >= 0.6 is 11.6 Å². The van der Waals surface area contributed by atoms with Gasteiger partial charge in [0.25, 0.3) is 0 Å². The van der Waals surface area contributed by atoms with Crippen LogP contribution in [-0.2, 0) is 4.79 Å². The number of rotatable bonds is 4. The Morgan fingerprint density at radius 1 is 1.14 bits per heavy atom. The summed E-state index contributed by atoms with van der Waals surface area (Å²) < 4.78 is 0. The van der Waals surface area contributed by atoms with E-state index in [-0.39, 0.29) is 17.0 Å². The summed E-state index contributed by atoms with van der Waals surface area (Å²) in [5.74, 6) is -1.86. The van der Waals surface area contributed by atoms with Crippen molar-refractivity contribution >= 4 is 35.2 Å². The Morgan fingerprint density at radius 3 is 2.59 bits per heavy atom. The molecular formula is C16H12ClNO4. The number of aromatic carboxylic acids is 1. The van der Waals surface area contributed by atoms with Crippen LogP contribution in [0.5, 0.6) is 5.75 Å². The number of carboxylic acids is 1. The fourth-order valence-electron chi connectivity index (χ4n) is 1.73. The molecule has 0 unspecified atom stereocenters. The van der Waals surface area contributed by atoms with Gasteiger partial charge in [0.15, 0.2) is 0 Å². The van der Waals surface area contributed by atoms with E-state index < -0.39 is 11.9 Å². The highest BCUT2D eigenvalue weighted by molar-refractivity contribution is 6.30. The lowest BCUT2D eigenvalue weighted by Crippen LogP contribution is -2.09. The van der Waals surface area contributed by atoms with Crippen LogP contribution in [0.25, 0.3) is 6.08 Å². The quantitative estimate of drug-likeness (QED) is 0.596. The van der Waals surface area contributed by atoms with Gasteiger partial charge >= 0.3 is 5.97 Å². The van der Waals surface area contributed by atoms with Gasteiger partial charge in [-0.1, -0.05) is 23.7 Å². The second-order valence-electron chi connectivity index (χ2n) is 4.41. The summed E-state index contributed by atoms with van der Waals surface area (Å²) in [7, 11) is 0. The molecule has 0 spiro atoms. The van der Waals surface area contributed by atoms with Crippen molar-refractivity contribution in [1.82, 2.24) is 0 Å². The Bertz CT molecular complexity index is 756. The summed E-state index contributed by atoms with van der Waals surface area (Å²) in [5.41, 5.74) is 0.735. The van der Waals surface area contributed by atoms with Gasteiger partial charge in [0.1, 0.15) is 5.75 Å². The van der Waals surface area contributed by atoms with E-state index in [0.29, 0.717) is 5.02 Å². The Morgan fingerprint density at radius 2 is 1.91 bits per heavy atom. The zero-order valence-corrected chi connectivity index (χ0v) is 12.0. The molecule has 6 heteroatoms. The lowest BCUT2D eigenvalue weighted by Gasteiger charge is -2.06. The third-order valence-electron chi connectivity index (χ3n) is 2.78. The van der Waals surface area contributed by atoms with E-state index >= 15 is 0 Å². The highest BCUT2D eigenvalue weighted by Crippen LogP contribution is 2.24. The highest BCUT2D eigenvalue weighted by Gasteiger charge is 2.09. The number of carbonyl (C=O) groups excluding carboxylic acids is 1. The van der Waals surface area contributed by atoms with Crippen LogP contribution in [0, 0.1) is 0 Å². The van der Waals surface area contributed by atoms with Gasteiger partial charge in [-0.3, -0.25) is 4.79 Å². The monoisotopic (exact) mass is 317 g/mol. The van der Waals surface area contributed by atoms with E-state index in [0.717, 1.165) is 5.56 Å². The zero-order valence-electron chi connectivity index (χ0n) is 11.3. The number of carboxylic acid groups (broad SMARTS) is 1. The van der Waals surface area contributed by atoms with Crippen molar-refractivity contribution in [2.45, 2.75) is 0 Å². The Hall–Kier alpha value is -2.79. The van der Waals surface area contributed by atoms with E-state index in [1.807, 2.05) is 0 Å². The maximum atomic E-state index is 11.8. The Balaban J connectivity index is 2.12. The molecule has 0 aliphatic carbocycles. The fourth-order valence-corrected chi connectivity index (χ4v) is 1.92. The molecule has 22 heavy (non-hydrogen) atoms. The smallest absolute Gasteiger partial charge is 0.335 e. The standard InChI is InChI=1S/C16H12ClNO4/c17-12-3-1-2-10(8-12)4-7-15(20)18-13-9-11(16(21)22)5-6-14(13)19/h1-9,19H,(H,18,20)(H,21,22)/b7-4+. The number of aromatic hydroxyl groups is 1. The van der Waals surface area contributed by atoms with E-state index in [2.05, 4.69) is 5.32 Å². The van der Waals surface area contributed by atoms with E-state index in [1.54, 1.807) is 30.3 Å². The number of carbonyl (C=O) groups is 2. The second-order valence-corrected chi connectivity index (χ2v) is 4.85. The predicted octanol–water partition coefficient (Wildman–Crippen LogP) is 3.40. The van der Waals surface area contributed by atoms with Gasteiger partial charge < -0.3 is 15.5 Å². The minimum Gasteiger partial charge on any atom is -0.506 e. The molecule has 0 aromatic heterocycles. The van der Waals surface area contributed by atoms with Gasteiger partial charge in [-0.05, 0) is 42.0 Å². The number of nitrogens with one attached hydrogen (secondary N) is 1. The van der Waals surface area contributed by atoms with Crippen LogP contribution in [0.15, 0.2) is 48.5 Å². The molecule has 0 fully saturated rings. The first-order chi connectivity index (χ1) is 10.5. The summed E-state index contributed by atoms with van der Waals surface area (Å²) in [6.45, 7) is 0. The summed E-state index contributed by atoms with van der Waals surface area (Å²) in [6, 6.07) is 10.6. The van der Waals surface area contributed by atoms with Gasteiger partial charge in [-0.25, -0.2) is 4.79 Å². The molecule has 0 saturated heterocycles. The molecule has 2 aromatic carbocycles. The first kappa shape index (κ1) is 15.6. The molecule has 0 heterocycles. The number of amides is 1. The van der Waals surface area contributed by atoms with Crippen molar-refractivity contribution in [3.05, 3.63) is 64.7 Å². The first-order valence-corrected chi connectivity index (χ1v) is 6.64. The van der Waals surface area contributed by atoms with Crippen LogP contribution in [0.4, 0.5) is 5.69 Å². The molecule has 5 nitrogen and oxygen atoms in total. The zero-order chi connectivity index (χ0) is 16.1. The number of phenolic OH excluding ortho intramolecular Hbond substituents is 1. The molecule has 112 valence electrons. The molecule has 0 aliphatic heterocycles. The molecule has 1 amide bonds. The van der Waals surface area contributed by atoms with E-state index in [9.17, 15) is 14.7 Å². The minimum atomic E-state index is -1.15. The normalized spacial score (nSPS) is 10.6. The number of hydrogen-bond donors (Lipinski definition) is 3. The molecule has 0 saturated carbocycles.